The van der Waals surface area contributed by atoms with Crippen LogP contribution in [0.15, 0.2) is 65.1 Å². The molecule has 0 bridgehead atoms. The predicted octanol–water partition coefficient (Wildman–Crippen LogP) is 4.08. The molecule has 2 rings (SSSR count). The number of benzene rings is 2. The number of thioether (sulfide) groups is 1. The van der Waals surface area contributed by atoms with Crippen molar-refractivity contribution in [3.8, 4) is 0 Å². The first kappa shape index (κ1) is 21.2. The summed E-state index contributed by atoms with van der Waals surface area (Å²) >= 11 is 1.40. The van der Waals surface area contributed by atoms with Crippen molar-refractivity contribution >= 4 is 40.9 Å². The van der Waals surface area contributed by atoms with Gasteiger partial charge in [-0.05, 0) is 62.7 Å². The highest BCUT2D eigenvalue weighted by atomic mass is 32.2. The Morgan fingerprint density at radius 2 is 1.71 bits per heavy atom. The van der Waals surface area contributed by atoms with Gasteiger partial charge in [-0.3, -0.25) is 9.59 Å². The summed E-state index contributed by atoms with van der Waals surface area (Å²) < 4.78 is 0. The van der Waals surface area contributed by atoms with Gasteiger partial charge in [-0.2, -0.15) is 0 Å². The fourth-order valence-electron chi connectivity index (χ4n) is 2.28. The molecule has 0 unspecified atom stereocenters. The topological polar surface area (TPSA) is 95.5 Å². The van der Waals surface area contributed by atoms with Gasteiger partial charge in [0.25, 0.3) is 0 Å². The number of carbonyl (C=O) groups is 3. The van der Waals surface area contributed by atoms with Crippen molar-refractivity contribution in [3.05, 3.63) is 65.7 Å². The van der Waals surface area contributed by atoms with E-state index in [1.54, 1.807) is 24.3 Å². The lowest BCUT2D eigenvalue weighted by molar-refractivity contribution is -0.132. The summed E-state index contributed by atoms with van der Waals surface area (Å²) in [6.07, 6.45) is 1.03. The van der Waals surface area contributed by atoms with Crippen LogP contribution in [0, 0.1) is 6.92 Å². The monoisotopic (exact) mass is 398 g/mol. The molecule has 0 saturated carbocycles. The van der Waals surface area contributed by atoms with Gasteiger partial charge in [0, 0.05) is 27.9 Å². The minimum Gasteiger partial charge on any atom is -0.478 e. The van der Waals surface area contributed by atoms with Crippen LogP contribution in [0.3, 0.4) is 0 Å². The van der Waals surface area contributed by atoms with Crippen molar-refractivity contribution in [2.45, 2.75) is 30.9 Å². The molecule has 0 aliphatic rings. The first-order valence-electron chi connectivity index (χ1n) is 8.61. The van der Waals surface area contributed by atoms with Crippen LogP contribution < -0.4 is 10.6 Å². The van der Waals surface area contributed by atoms with Gasteiger partial charge in [0.15, 0.2) is 0 Å². The summed E-state index contributed by atoms with van der Waals surface area (Å²) in [5, 5.41) is 14.0. The number of aliphatic carboxylic acids is 1. The van der Waals surface area contributed by atoms with Gasteiger partial charge in [0.05, 0.1) is 5.25 Å². The molecule has 146 valence electrons. The van der Waals surface area contributed by atoms with E-state index >= 15 is 0 Å². The van der Waals surface area contributed by atoms with Gasteiger partial charge >= 0.3 is 5.97 Å². The third kappa shape index (κ3) is 6.59. The molecule has 0 aliphatic carbocycles. The minimum atomic E-state index is -1.14. The molecule has 28 heavy (non-hydrogen) atoms. The fourth-order valence-corrected chi connectivity index (χ4v) is 3.15. The van der Waals surface area contributed by atoms with Crippen LogP contribution in [0.4, 0.5) is 11.4 Å². The number of carboxylic acids is 1. The van der Waals surface area contributed by atoms with Gasteiger partial charge in [-0.1, -0.05) is 12.1 Å². The molecule has 1 atom stereocenters. The van der Waals surface area contributed by atoms with Crippen LogP contribution in [-0.2, 0) is 14.4 Å². The first-order valence-corrected chi connectivity index (χ1v) is 9.49. The van der Waals surface area contributed by atoms with Gasteiger partial charge < -0.3 is 15.7 Å². The number of nitrogens with one attached hydrogen (secondary N) is 2. The molecule has 0 fully saturated rings. The number of rotatable bonds is 7. The zero-order valence-electron chi connectivity index (χ0n) is 15.9. The van der Waals surface area contributed by atoms with Crippen LogP contribution >= 0.6 is 11.8 Å². The molecule has 6 nitrogen and oxygen atoms in total. The quantitative estimate of drug-likeness (QED) is 0.482. The highest BCUT2D eigenvalue weighted by Crippen LogP contribution is 2.25. The lowest BCUT2D eigenvalue weighted by Gasteiger charge is -2.13. The van der Waals surface area contributed by atoms with E-state index in [4.69, 9.17) is 5.11 Å². The molecule has 7 heteroatoms. The van der Waals surface area contributed by atoms with Crippen LogP contribution in [0.1, 0.15) is 19.4 Å². The van der Waals surface area contributed by atoms with E-state index in [-0.39, 0.29) is 16.7 Å². The Bertz CT molecular complexity index is 907. The number of carbonyl (C=O) groups excluding carboxylic acids is 2. The number of amides is 2. The molecule has 0 spiro atoms. The van der Waals surface area contributed by atoms with Crippen molar-refractivity contribution < 1.29 is 19.5 Å². The molecule has 0 aliphatic heterocycles. The Kier molecular flexibility index (Phi) is 7.40. The van der Waals surface area contributed by atoms with Gasteiger partial charge in [-0.15, -0.1) is 11.8 Å². The van der Waals surface area contributed by atoms with Crippen molar-refractivity contribution in [1.29, 1.82) is 0 Å². The van der Waals surface area contributed by atoms with E-state index in [0.29, 0.717) is 5.69 Å². The van der Waals surface area contributed by atoms with E-state index in [1.807, 2.05) is 38.1 Å². The minimum absolute atomic E-state index is 0.0434. The number of anilines is 2. The van der Waals surface area contributed by atoms with Crippen LogP contribution in [-0.4, -0.2) is 28.1 Å². The Morgan fingerprint density at radius 1 is 1.04 bits per heavy atom. The maximum Gasteiger partial charge on any atom is 0.331 e. The van der Waals surface area contributed by atoms with E-state index in [2.05, 4.69) is 10.6 Å². The SMILES string of the molecule is C/C(=C\C(=O)Nc1ccc(S[C@H](C)C(=O)Nc2cccc(C)c2)cc1)C(=O)O. The first-order chi connectivity index (χ1) is 13.2. The van der Waals surface area contributed by atoms with Crippen molar-refractivity contribution in [1.82, 2.24) is 0 Å². The van der Waals surface area contributed by atoms with E-state index in [1.165, 1.54) is 18.7 Å². The van der Waals surface area contributed by atoms with Crippen LogP contribution in [0.2, 0.25) is 0 Å². The normalized spacial score (nSPS) is 12.2. The summed E-state index contributed by atoms with van der Waals surface area (Å²) in [5.41, 5.74) is 2.34. The molecule has 2 amide bonds. The average molecular weight is 398 g/mol. The zero-order chi connectivity index (χ0) is 20.7. The maximum atomic E-state index is 12.4. The van der Waals surface area contributed by atoms with Gasteiger partial charge in [-0.25, -0.2) is 4.79 Å². The maximum absolute atomic E-state index is 12.4. The van der Waals surface area contributed by atoms with E-state index in [9.17, 15) is 14.4 Å². The molecule has 2 aromatic rings. The lowest BCUT2D eigenvalue weighted by Crippen LogP contribution is -2.22. The van der Waals surface area contributed by atoms with E-state index in [0.717, 1.165) is 22.2 Å². The molecule has 0 radical (unpaired) electrons. The van der Waals surface area contributed by atoms with Crippen molar-refractivity contribution in [3.63, 3.8) is 0 Å². The average Bonchev–Trinajstić information content (AvgIpc) is 2.63. The largest absolute Gasteiger partial charge is 0.478 e. The molecular weight excluding hydrogens is 376 g/mol. The summed E-state index contributed by atoms with van der Waals surface area (Å²) in [6, 6.07) is 14.6. The van der Waals surface area contributed by atoms with Crippen molar-refractivity contribution in [2.24, 2.45) is 0 Å². The van der Waals surface area contributed by atoms with Crippen LogP contribution in [0.25, 0.3) is 0 Å². The van der Waals surface area contributed by atoms with Gasteiger partial charge in [0.1, 0.15) is 0 Å². The van der Waals surface area contributed by atoms with Crippen LogP contribution in [0.5, 0.6) is 0 Å². The second-order valence-electron chi connectivity index (χ2n) is 6.26. The summed E-state index contributed by atoms with van der Waals surface area (Å²) in [4.78, 5) is 35.7. The molecule has 0 saturated heterocycles. The molecule has 0 aromatic heterocycles. The van der Waals surface area contributed by atoms with Crippen molar-refractivity contribution in [2.75, 3.05) is 10.6 Å². The second kappa shape index (κ2) is 9.75. The molecule has 3 N–H and O–H groups in total. The summed E-state index contributed by atoms with van der Waals surface area (Å²) in [6.45, 7) is 5.14. The summed E-state index contributed by atoms with van der Waals surface area (Å²) in [7, 11) is 0. The molecule has 2 aromatic carbocycles. The summed E-state index contributed by atoms with van der Waals surface area (Å²) in [5.74, 6) is -1.74. The smallest absolute Gasteiger partial charge is 0.331 e. The number of hydrogen-bond acceptors (Lipinski definition) is 4. The predicted molar refractivity (Wildman–Crippen MR) is 112 cm³/mol. The number of hydrogen-bond donors (Lipinski definition) is 3. The Labute approximate surface area is 168 Å². The standard InChI is InChI=1S/C21H22N2O4S/c1-13-5-4-6-17(11-13)23-20(25)15(3)28-18-9-7-16(8-10-18)22-19(24)12-14(2)21(26)27/h4-12,15H,1-3H3,(H,22,24)(H,23,25)(H,26,27)/b14-12+/t15-/m1/s1. The second-order valence-corrected chi connectivity index (χ2v) is 7.68. The lowest BCUT2D eigenvalue weighted by atomic mass is 10.2. The Hall–Kier alpha value is -3.06. The third-order valence-electron chi connectivity index (χ3n) is 3.77. The Balaban J connectivity index is 1.92. The zero-order valence-corrected chi connectivity index (χ0v) is 16.7. The Morgan fingerprint density at radius 3 is 2.32 bits per heavy atom. The highest BCUT2D eigenvalue weighted by molar-refractivity contribution is 8.00. The highest BCUT2D eigenvalue weighted by Gasteiger charge is 2.15. The number of carboxylic acid groups (broad SMARTS) is 1. The fraction of sp³-hybridized carbons (Fsp3) is 0.190. The number of aryl methyl sites for hydroxylation is 1. The molecular formula is C21H22N2O4S. The third-order valence-corrected chi connectivity index (χ3v) is 4.89. The van der Waals surface area contributed by atoms with E-state index < -0.39 is 11.9 Å². The van der Waals surface area contributed by atoms with Gasteiger partial charge in [0.2, 0.25) is 11.8 Å². The molecule has 0 heterocycles.